The van der Waals surface area contributed by atoms with Gasteiger partial charge in [-0.15, -0.1) is 0 Å². The number of fused-ring (bicyclic) bond motifs is 1. The Morgan fingerprint density at radius 2 is 1.97 bits per heavy atom. The number of rotatable bonds is 6. The topological polar surface area (TPSA) is 83.2 Å². The number of benzene rings is 1. The number of aliphatic hydroxyl groups is 1. The largest absolute Gasteiger partial charge is 0.416 e. The molecule has 11 heteroatoms. The lowest BCUT2D eigenvalue weighted by Gasteiger charge is -2.38. The van der Waals surface area contributed by atoms with E-state index in [1.807, 2.05) is 10.6 Å². The van der Waals surface area contributed by atoms with Crippen LogP contribution in [-0.2, 0) is 28.5 Å². The molecular formula is C25H28F3N5O3. The van der Waals surface area contributed by atoms with E-state index in [0.29, 0.717) is 62.0 Å². The normalized spacial score (nSPS) is 17.0. The molecule has 2 aliphatic rings. The first-order valence-electron chi connectivity index (χ1n) is 12.0. The summed E-state index contributed by atoms with van der Waals surface area (Å²) in [5.74, 6) is 0.686. The van der Waals surface area contributed by atoms with Crippen LogP contribution < -0.4 is 4.90 Å². The van der Waals surface area contributed by atoms with Crippen LogP contribution in [0.4, 0.5) is 19.0 Å². The molecule has 0 aliphatic carbocycles. The number of halogens is 3. The molecule has 1 N–H and O–H groups in total. The minimum Gasteiger partial charge on any atom is -0.396 e. The van der Waals surface area contributed by atoms with E-state index in [9.17, 15) is 23.1 Å². The number of amides is 1. The molecule has 1 amide bonds. The number of hydrogen-bond acceptors (Lipinski definition) is 6. The first-order chi connectivity index (χ1) is 17.2. The summed E-state index contributed by atoms with van der Waals surface area (Å²) in [6.07, 6.45) is -0.768. The molecule has 3 aromatic rings. The summed E-state index contributed by atoms with van der Waals surface area (Å²) in [5.41, 5.74) is 1.73. The van der Waals surface area contributed by atoms with E-state index in [1.54, 1.807) is 17.2 Å². The van der Waals surface area contributed by atoms with Gasteiger partial charge in [-0.3, -0.25) is 9.20 Å². The van der Waals surface area contributed by atoms with E-state index in [0.717, 1.165) is 11.9 Å². The summed E-state index contributed by atoms with van der Waals surface area (Å²) in [5, 5.41) is 9.27. The number of hydrogen-bond donors (Lipinski definition) is 1. The van der Waals surface area contributed by atoms with Crippen molar-refractivity contribution in [3.8, 4) is 0 Å². The highest BCUT2D eigenvalue weighted by Crippen LogP contribution is 2.34. The Bertz CT molecular complexity index is 1260. The van der Waals surface area contributed by atoms with Gasteiger partial charge in [0.1, 0.15) is 5.82 Å². The zero-order valence-corrected chi connectivity index (χ0v) is 20.0. The molecule has 192 valence electrons. The van der Waals surface area contributed by atoms with Crippen molar-refractivity contribution in [2.75, 3.05) is 50.9 Å². The SMILES string of the molecule is Cc1c(Cc2c(CC(=O)N3CC(CO)C3)nc3cnc(N4CCOCC4)cn23)cccc1C(F)(F)F. The van der Waals surface area contributed by atoms with Crippen LogP contribution in [0, 0.1) is 12.8 Å². The van der Waals surface area contributed by atoms with Crippen molar-refractivity contribution in [1.82, 2.24) is 19.3 Å². The Morgan fingerprint density at radius 1 is 1.22 bits per heavy atom. The highest BCUT2D eigenvalue weighted by Gasteiger charge is 2.34. The van der Waals surface area contributed by atoms with Crippen LogP contribution in [0.2, 0.25) is 0 Å². The fraction of sp³-hybridized carbons (Fsp3) is 0.480. The molecule has 0 unspecified atom stereocenters. The van der Waals surface area contributed by atoms with Gasteiger partial charge in [-0.1, -0.05) is 12.1 Å². The van der Waals surface area contributed by atoms with Crippen molar-refractivity contribution >= 4 is 17.4 Å². The van der Waals surface area contributed by atoms with E-state index >= 15 is 0 Å². The number of ether oxygens (including phenoxy) is 1. The number of anilines is 1. The number of morpholine rings is 1. The number of nitrogens with zero attached hydrogens (tertiary/aromatic N) is 5. The third-order valence-corrected chi connectivity index (χ3v) is 7.01. The van der Waals surface area contributed by atoms with Crippen LogP contribution in [-0.4, -0.2) is 76.3 Å². The molecule has 0 spiro atoms. The molecule has 2 aliphatic heterocycles. The summed E-state index contributed by atoms with van der Waals surface area (Å²) >= 11 is 0. The summed E-state index contributed by atoms with van der Waals surface area (Å²) in [6.45, 7) is 5.04. The Kier molecular flexibility index (Phi) is 6.60. The molecule has 8 nitrogen and oxygen atoms in total. The van der Waals surface area contributed by atoms with Crippen LogP contribution in [0.25, 0.3) is 5.65 Å². The molecule has 1 aromatic carbocycles. The molecule has 36 heavy (non-hydrogen) atoms. The molecule has 0 atom stereocenters. The predicted octanol–water partition coefficient (Wildman–Crippen LogP) is 2.48. The third-order valence-electron chi connectivity index (χ3n) is 7.01. The zero-order valence-electron chi connectivity index (χ0n) is 20.0. The fourth-order valence-corrected chi connectivity index (χ4v) is 4.83. The molecule has 0 radical (unpaired) electrons. The van der Waals surface area contributed by atoms with Crippen LogP contribution in [0.15, 0.2) is 30.6 Å². The van der Waals surface area contributed by atoms with E-state index < -0.39 is 11.7 Å². The van der Waals surface area contributed by atoms with Crippen molar-refractivity contribution in [1.29, 1.82) is 0 Å². The zero-order chi connectivity index (χ0) is 25.4. The number of carbonyl (C=O) groups is 1. The minimum atomic E-state index is -4.45. The van der Waals surface area contributed by atoms with Gasteiger partial charge in [-0.25, -0.2) is 9.97 Å². The van der Waals surface area contributed by atoms with Gasteiger partial charge in [0, 0.05) is 45.1 Å². The molecular weight excluding hydrogens is 475 g/mol. The first kappa shape index (κ1) is 24.5. The highest BCUT2D eigenvalue weighted by molar-refractivity contribution is 5.79. The van der Waals surface area contributed by atoms with Crippen LogP contribution in [0.1, 0.15) is 28.1 Å². The maximum atomic E-state index is 13.6. The van der Waals surface area contributed by atoms with Gasteiger partial charge in [-0.05, 0) is 24.1 Å². The van der Waals surface area contributed by atoms with Crippen LogP contribution in [0.3, 0.4) is 0 Å². The lowest BCUT2D eigenvalue weighted by Crippen LogP contribution is -2.51. The molecule has 5 rings (SSSR count). The maximum absolute atomic E-state index is 13.6. The average Bonchev–Trinajstić information content (AvgIpc) is 3.15. The molecule has 2 fully saturated rings. The maximum Gasteiger partial charge on any atom is 0.416 e. The average molecular weight is 504 g/mol. The van der Waals surface area contributed by atoms with E-state index in [1.165, 1.54) is 13.0 Å². The summed E-state index contributed by atoms with van der Waals surface area (Å²) in [7, 11) is 0. The summed E-state index contributed by atoms with van der Waals surface area (Å²) < 4.78 is 47.9. The number of alkyl halides is 3. The number of aliphatic hydroxyl groups excluding tert-OH is 1. The summed E-state index contributed by atoms with van der Waals surface area (Å²) in [4.78, 5) is 25.9. The van der Waals surface area contributed by atoms with Gasteiger partial charge < -0.3 is 19.6 Å². The molecule has 4 heterocycles. The van der Waals surface area contributed by atoms with Gasteiger partial charge in [0.15, 0.2) is 5.65 Å². The Morgan fingerprint density at radius 3 is 2.67 bits per heavy atom. The lowest BCUT2D eigenvalue weighted by atomic mass is 9.97. The standard InChI is InChI=1S/C25H28F3N5O3/c1-16-18(3-2-4-19(16)25(26,27)28)9-21-20(10-24(35)32-12-17(13-32)15-34)30-22-11-29-23(14-33(21)22)31-5-7-36-8-6-31/h2-4,11,14,17,34H,5-10,12-13,15H2,1H3. The van der Waals surface area contributed by atoms with Gasteiger partial charge in [0.2, 0.25) is 5.91 Å². The Balaban J connectivity index is 1.53. The molecule has 0 saturated carbocycles. The minimum absolute atomic E-state index is 0.0278. The smallest absolute Gasteiger partial charge is 0.396 e. The number of imidazole rings is 1. The van der Waals surface area contributed by atoms with E-state index in [-0.39, 0.29) is 36.8 Å². The van der Waals surface area contributed by atoms with Crippen molar-refractivity contribution in [3.63, 3.8) is 0 Å². The molecule has 2 aromatic heterocycles. The second-order valence-electron chi connectivity index (χ2n) is 9.37. The number of aromatic nitrogens is 3. The van der Waals surface area contributed by atoms with Gasteiger partial charge in [0.05, 0.1) is 49.0 Å². The van der Waals surface area contributed by atoms with Gasteiger partial charge in [-0.2, -0.15) is 13.2 Å². The number of carbonyl (C=O) groups excluding carboxylic acids is 1. The molecule has 0 bridgehead atoms. The van der Waals surface area contributed by atoms with Gasteiger partial charge in [0.25, 0.3) is 0 Å². The Hall–Kier alpha value is -3.18. The quantitative estimate of drug-likeness (QED) is 0.557. The van der Waals surface area contributed by atoms with Crippen molar-refractivity contribution in [2.45, 2.75) is 25.9 Å². The monoisotopic (exact) mass is 503 g/mol. The number of likely N-dealkylation sites (tertiary alicyclic amines) is 1. The molecule has 2 saturated heterocycles. The third kappa shape index (κ3) is 4.77. The van der Waals surface area contributed by atoms with E-state index in [4.69, 9.17) is 4.74 Å². The van der Waals surface area contributed by atoms with E-state index in [2.05, 4.69) is 14.9 Å². The van der Waals surface area contributed by atoms with Crippen LogP contribution in [0.5, 0.6) is 0 Å². The Labute approximate surface area is 206 Å². The summed E-state index contributed by atoms with van der Waals surface area (Å²) in [6, 6.07) is 4.18. The lowest BCUT2D eigenvalue weighted by molar-refractivity contribution is -0.138. The highest BCUT2D eigenvalue weighted by atomic mass is 19.4. The predicted molar refractivity (Wildman–Crippen MR) is 126 cm³/mol. The second kappa shape index (κ2) is 9.70. The fourth-order valence-electron chi connectivity index (χ4n) is 4.83. The van der Waals surface area contributed by atoms with Crippen molar-refractivity contribution < 1.29 is 27.8 Å². The van der Waals surface area contributed by atoms with Crippen molar-refractivity contribution in [3.05, 3.63) is 58.7 Å². The van der Waals surface area contributed by atoms with Crippen molar-refractivity contribution in [2.24, 2.45) is 5.92 Å². The van der Waals surface area contributed by atoms with Crippen LogP contribution >= 0.6 is 0 Å². The van der Waals surface area contributed by atoms with Gasteiger partial charge >= 0.3 is 6.18 Å². The second-order valence-corrected chi connectivity index (χ2v) is 9.37. The first-order valence-corrected chi connectivity index (χ1v) is 12.0.